The monoisotopic (exact) mass is 290 g/mol. The minimum Gasteiger partial charge on any atom is -0.461 e. The number of carbonyl (C=O) groups is 1. The average molecular weight is 290 g/mol. The molecule has 0 unspecified atom stereocenters. The summed E-state index contributed by atoms with van der Waals surface area (Å²) >= 11 is 0. The fraction of sp³-hybridized carbons (Fsp3) is 0.611. The number of quaternary nitrogens is 1. The first-order valence-electron chi connectivity index (χ1n) is 8.18. The van der Waals surface area contributed by atoms with Crippen molar-refractivity contribution in [1.29, 1.82) is 0 Å². The standard InChI is InChI=1S/C18H27NO2/c1-4-14(2)17(15-8-6-5-7-9-15)18(20)21-16-10-12-19(3)13-11-16/h5-9,14,16-17H,4,10-13H2,1-3H3/p+1/t14-,17-/m0/s1. The molecule has 0 aliphatic carbocycles. The maximum atomic E-state index is 12.7. The van der Waals surface area contributed by atoms with Gasteiger partial charge >= 0.3 is 5.97 Å². The first kappa shape index (κ1) is 16.0. The molecule has 0 bridgehead atoms. The topological polar surface area (TPSA) is 30.7 Å². The number of hydrogen-bond donors (Lipinski definition) is 1. The molecule has 1 aromatic rings. The van der Waals surface area contributed by atoms with E-state index in [2.05, 4.69) is 20.9 Å². The number of esters is 1. The highest BCUT2D eigenvalue weighted by atomic mass is 16.5. The molecule has 0 radical (unpaired) electrons. The predicted octanol–water partition coefficient (Wildman–Crippen LogP) is 2.04. The highest BCUT2D eigenvalue weighted by Gasteiger charge is 2.30. The quantitative estimate of drug-likeness (QED) is 0.841. The third kappa shape index (κ3) is 4.31. The molecule has 1 N–H and O–H groups in total. The minimum atomic E-state index is -0.136. The van der Waals surface area contributed by atoms with Crippen molar-refractivity contribution in [2.75, 3.05) is 20.1 Å². The van der Waals surface area contributed by atoms with Crippen molar-refractivity contribution in [2.45, 2.75) is 45.1 Å². The molecule has 1 fully saturated rings. The van der Waals surface area contributed by atoms with E-state index >= 15 is 0 Å². The van der Waals surface area contributed by atoms with Gasteiger partial charge in [-0.1, -0.05) is 50.6 Å². The Kier molecular flexibility index (Phi) is 5.80. The van der Waals surface area contributed by atoms with Gasteiger partial charge in [-0.25, -0.2) is 0 Å². The lowest BCUT2D eigenvalue weighted by Crippen LogP contribution is -3.10. The predicted molar refractivity (Wildman–Crippen MR) is 84.4 cm³/mol. The summed E-state index contributed by atoms with van der Waals surface area (Å²) in [5.74, 6) is 0.125. The second kappa shape index (κ2) is 7.60. The van der Waals surface area contributed by atoms with Gasteiger partial charge in [0.2, 0.25) is 0 Å². The number of rotatable bonds is 5. The Hall–Kier alpha value is -1.35. The summed E-state index contributed by atoms with van der Waals surface area (Å²) in [6.45, 7) is 6.46. The number of piperidine rings is 1. The Bertz CT molecular complexity index is 438. The molecule has 2 rings (SSSR count). The summed E-state index contributed by atoms with van der Waals surface area (Å²) in [7, 11) is 2.20. The number of carbonyl (C=O) groups excluding carboxylic acids is 1. The largest absolute Gasteiger partial charge is 0.461 e. The molecule has 1 heterocycles. The van der Waals surface area contributed by atoms with E-state index in [-0.39, 0.29) is 18.0 Å². The highest BCUT2D eigenvalue weighted by molar-refractivity contribution is 5.78. The van der Waals surface area contributed by atoms with E-state index in [1.54, 1.807) is 0 Å². The van der Waals surface area contributed by atoms with Crippen molar-refractivity contribution in [1.82, 2.24) is 0 Å². The second-order valence-corrected chi connectivity index (χ2v) is 6.37. The van der Waals surface area contributed by atoms with Crippen molar-refractivity contribution in [3.8, 4) is 0 Å². The molecule has 0 amide bonds. The maximum absolute atomic E-state index is 12.7. The fourth-order valence-electron chi connectivity index (χ4n) is 3.03. The molecule has 1 aromatic carbocycles. The zero-order valence-electron chi connectivity index (χ0n) is 13.5. The van der Waals surface area contributed by atoms with Crippen molar-refractivity contribution in [3.05, 3.63) is 35.9 Å². The Labute approximate surface area is 128 Å². The Morgan fingerprint density at radius 3 is 2.48 bits per heavy atom. The third-order valence-electron chi connectivity index (χ3n) is 4.69. The summed E-state index contributed by atoms with van der Waals surface area (Å²) in [4.78, 5) is 14.2. The van der Waals surface area contributed by atoms with Crippen molar-refractivity contribution in [2.24, 2.45) is 5.92 Å². The summed E-state index contributed by atoms with van der Waals surface area (Å²) in [5.41, 5.74) is 1.08. The van der Waals surface area contributed by atoms with Gasteiger partial charge in [-0.15, -0.1) is 0 Å². The molecule has 1 saturated heterocycles. The van der Waals surface area contributed by atoms with Crippen molar-refractivity contribution in [3.63, 3.8) is 0 Å². The zero-order chi connectivity index (χ0) is 15.2. The van der Waals surface area contributed by atoms with Gasteiger partial charge in [0, 0.05) is 12.8 Å². The molecule has 3 nitrogen and oxygen atoms in total. The molecule has 1 aliphatic rings. The van der Waals surface area contributed by atoms with Gasteiger partial charge in [0.15, 0.2) is 0 Å². The van der Waals surface area contributed by atoms with Crippen LogP contribution in [0.2, 0.25) is 0 Å². The van der Waals surface area contributed by atoms with Crippen LogP contribution in [0.1, 0.15) is 44.6 Å². The molecule has 21 heavy (non-hydrogen) atoms. The van der Waals surface area contributed by atoms with Crippen LogP contribution in [0.4, 0.5) is 0 Å². The summed E-state index contributed by atoms with van der Waals surface area (Å²) in [6, 6.07) is 10.1. The maximum Gasteiger partial charge on any atom is 0.313 e. The molecular weight excluding hydrogens is 262 g/mol. The average Bonchev–Trinajstić information content (AvgIpc) is 2.50. The molecule has 2 atom stereocenters. The lowest BCUT2D eigenvalue weighted by molar-refractivity contribution is -0.885. The summed E-state index contributed by atoms with van der Waals surface area (Å²) in [5, 5.41) is 0. The summed E-state index contributed by atoms with van der Waals surface area (Å²) < 4.78 is 5.83. The van der Waals surface area contributed by atoms with Crippen molar-refractivity contribution < 1.29 is 14.4 Å². The first-order valence-corrected chi connectivity index (χ1v) is 8.18. The smallest absolute Gasteiger partial charge is 0.313 e. The highest BCUT2D eigenvalue weighted by Crippen LogP contribution is 2.29. The number of nitrogens with one attached hydrogen (secondary N) is 1. The van der Waals surface area contributed by atoms with Crippen LogP contribution in [0, 0.1) is 5.92 Å². The van der Waals surface area contributed by atoms with Gasteiger partial charge in [0.25, 0.3) is 0 Å². The van der Waals surface area contributed by atoms with E-state index in [4.69, 9.17) is 4.74 Å². The van der Waals surface area contributed by atoms with Crippen LogP contribution in [0.25, 0.3) is 0 Å². The molecule has 0 aromatic heterocycles. The normalized spacial score (nSPS) is 25.1. The molecular formula is C18H28NO2+. The van der Waals surface area contributed by atoms with Crippen molar-refractivity contribution >= 4 is 5.97 Å². The molecule has 116 valence electrons. The summed E-state index contributed by atoms with van der Waals surface area (Å²) in [6.07, 6.45) is 3.06. The van der Waals surface area contributed by atoms with Crippen LogP contribution in [0.5, 0.6) is 0 Å². The number of benzene rings is 1. The second-order valence-electron chi connectivity index (χ2n) is 6.37. The fourth-order valence-corrected chi connectivity index (χ4v) is 3.03. The Balaban J connectivity index is 2.05. The van der Waals surface area contributed by atoms with E-state index in [0.29, 0.717) is 5.92 Å². The molecule has 1 aliphatic heterocycles. The Morgan fingerprint density at radius 2 is 1.90 bits per heavy atom. The van der Waals surface area contributed by atoms with Gasteiger partial charge in [-0.2, -0.15) is 0 Å². The van der Waals surface area contributed by atoms with Crippen LogP contribution >= 0.6 is 0 Å². The van der Waals surface area contributed by atoms with Gasteiger partial charge < -0.3 is 9.64 Å². The number of likely N-dealkylation sites (tertiary alicyclic amines) is 1. The van der Waals surface area contributed by atoms with E-state index in [1.807, 2.05) is 30.3 Å². The van der Waals surface area contributed by atoms with Crippen LogP contribution in [0.15, 0.2) is 30.3 Å². The molecule has 3 heteroatoms. The zero-order valence-corrected chi connectivity index (χ0v) is 13.5. The van der Waals surface area contributed by atoms with Gasteiger partial charge in [-0.3, -0.25) is 4.79 Å². The van der Waals surface area contributed by atoms with E-state index in [1.165, 1.54) is 4.90 Å². The van der Waals surface area contributed by atoms with Crippen LogP contribution < -0.4 is 4.90 Å². The lowest BCUT2D eigenvalue weighted by atomic mass is 9.85. The molecule has 0 saturated carbocycles. The van der Waals surface area contributed by atoms with E-state index < -0.39 is 0 Å². The van der Waals surface area contributed by atoms with Gasteiger partial charge in [0.05, 0.1) is 26.1 Å². The van der Waals surface area contributed by atoms with Gasteiger partial charge in [-0.05, 0) is 11.5 Å². The SMILES string of the molecule is CC[C@H](C)[C@H](C(=O)OC1CC[NH+](C)CC1)c1ccccc1. The molecule has 0 spiro atoms. The number of hydrogen-bond acceptors (Lipinski definition) is 2. The van der Waals surface area contributed by atoms with E-state index in [0.717, 1.165) is 37.9 Å². The first-order chi connectivity index (χ1) is 10.1. The van der Waals surface area contributed by atoms with Gasteiger partial charge in [0.1, 0.15) is 6.10 Å². The lowest BCUT2D eigenvalue weighted by Gasteiger charge is -2.29. The third-order valence-corrected chi connectivity index (χ3v) is 4.69. The number of ether oxygens (including phenoxy) is 1. The van der Waals surface area contributed by atoms with Crippen LogP contribution in [-0.2, 0) is 9.53 Å². The Morgan fingerprint density at radius 1 is 1.29 bits per heavy atom. The van der Waals surface area contributed by atoms with Crippen LogP contribution in [0.3, 0.4) is 0 Å². The van der Waals surface area contributed by atoms with Crippen LogP contribution in [-0.4, -0.2) is 32.2 Å². The minimum absolute atomic E-state index is 0.0416. The van der Waals surface area contributed by atoms with E-state index in [9.17, 15) is 4.79 Å².